The van der Waals surface area contributed by atoms with Gasteiger partial charge in [0.15, 0.2) is 0 Å². The molecule has 17 heavy (non-hydrogen) atoms. The van der Waals surface area contributed by atoms with Crippen molar-refractivity contribution in [1.29, 1.82) is 5.26 Å². The van der Waals surface area contributed by atoms with Crippen molar-refractivity contribution in [2.75, 3.05) is 18.0 Å². The van der Waals surface area contributed by atoms with E-state index in [1.54, 1.807) is 6.20 Å². The summed E-state index contributed by atoms with van der Waals surface area (Å²) in [6, 6.07) is 4.19. The van der Waals surface area contributed by atoms with Crippen molar-refractivity contribution in [2.24, 2.45) is 5.92 Å². The van der Waals surface area contributed by atoms with Gasteiger partial charge in [0.25, 0.3) is 0 Å². The van der Waals surface area contributed by atoms with Crippen molar-refractivity contribution in [3.63, 3.8) is 0 Å². The van der Waals surface area contributed by atoms with Gasteiger partial charge in [0.2, 0.25) is 0 Å². The van der Waals surface area contributed by atoms with E-state index in [-0.39, 0.29) is 0 Å². The van der Waals surface area contributed by atoms with Crippen LogP contribution in [0, 0.1) is 24.2 Å². The summed E-state index contributed by atoms with van der Waals surface area (Å²) in [6.45, 7) is 6.06. The van der Waals surface area contributed by atoms with E-state index in [0.717, 1.165) is 36.0 Å². The third-order valence-electron chi connectivity index (χ3n) is 3.64. The van der Waals surface area contributed by atoms with Crippen molar-refractivity contribution in [3.05, 3.63) is 23.4 Å². The summed E-state index contributed by atoms with van der Waals surface area (Å²) >= 11 is 0. The summed E-state index contributed by atoms with van der Waals surface area (Å²) in [4.78, 5) is 6.64. The maximum Gasteiger partial charge on any atom is 0.146 e. The van der Waals surface area contributed by atoms with E-state index >= 15 is 0 Å². The zero-order chi connectivity index (χ0) is 12.3. The van der Waals surface area contributed by atoms with Crippen LogP contribution in [0.5, 0.6) is 0 Å². The minimum atomic E-state index is 0.730. The lowest BCUT2D eigenvalue weighted by atomic mass is 9.85. The number of aryl methyl sites for hydroxylation is 1. The zero-order valence-corrected chi connectivity index (χ0v) is 10.6. The molecule has 90 valence electrons. The molecule has 0 unspecified atom stereocenters. The van der Waals surface area contributed by atoms with E-state index in [1.807, 2.05) is 13.0 Å². The molecular weight excluding hydrogens is 210 g/mol. The van der Waals surface area contributed by atoms with Crippen LogP contribution in [0.15, 0.2) is 12.3 Å². The molecule has 0 aliphatic heterocycles. The number of rotatable bonds is 4. The maximum atomic E-state index is 9.23. The molecule has 1 saturated carbocycles. The first-order chi connectivity index (χ1) is 8.26. The minimum Gasteiger partial charge on any atom is -0.356 e. The van der Waals surface area contributed by atoms with Gasteiger partial charge in [-0.2, -0.15) is 5.26 Å². The number of hydrogen-bond donors (Lipinski definition) is 0. The molecule has 0 amide bonds. The summed E-state index contributed by atoms with van der Waals surface area (Å²) < 4.78 is 0. The van der Waals surface area contributed by atoms with E-state index in [4.69, 9.17) is 0 Å². The lowest BCUT2D eigenvalue weighted by Crippen LogP contribution is -2.33. The van der Waals surface area contributed by atoms with E-state index < -0.39 is 0 Å². The fourth-order valence-electron chi connectivity index (χ4n) is 2.27. The van der Waals surface area contributed by atoms with E-state index in [1.165, 1.54) is 19.3 Å². The largest absolute Gasteiger partial charge is 0.356 e. The van der Waals surface area contributed by atoms with Gasteiger partial charge in [-0.3, -0.25) is 0 Å². The molecule has 0 bridgehead atoms. The minimum absolute atomic E-state index is 0.730. The highest BCUT2D eigenvalue weighted by atomic mass is 15.2. The summed E-state index contributed by atoms with van der Waals surface area (Å²) in [5, 5.41) is 9.23. The fourth-order valence-corrected chi connectivity index (χ4v) is 2.27. The van der Waals surface area contributed by atoms with Crippen molar-refractivity contribution in [2.45, 2.75) is 33.1 Å². The third-order valence-corrected chi connectivity index (χ3v) is 3.64. The van der Waals surface area contributed by atoms with Gasteiger partial charge in [-0.05, 0) is 44.2 Å². The van der Waals surface area contributed by atoms with Gasteiger partial charge in [0.1, 0.15) is 11.9 Å². The summed E-state index contributed by atoms with van der Waals surface area (Å²) in [5.41, 5.74) is 1.75. The van der Waals surface area contributed by atoms with Gasteiger partial charge < -0.3 is 4.90 Å². The third kappa shape index (κ3) is 2.41. The molecular formula is C14H19N3. The SMILES string of the molecule is CCN(CC1CCC1)c1nccc(C)c1C#N. The second-order valence-electron chi connectivity index (χ2n) is 4.77. The van der Waals surface area contributed by atoms with Crippen LogP contribution in [0.1, 0.15) is 37.3 Å². The van der Waals surface area contributed by atoms with Crippen molar-refractivity contribution in [3.8, 4) is 6.07 Å². The predicted molar refractivity (Wildman–Crippen MR) is 68.9 cm³/mol. The van der Waals surface area contributed by atoms with Gasteiger partial charge in [0, 0.05) is 19.3 Å². The topological polar surface area (TPSA) is 39.9 Å². The van der Waals surface area contributed by atoms with Crippen LogP contribution in [0.4, 0.5) is 5.82 Å². The van der Waals surface area contributed by atoms with Crippen LogP contribution in [-0.2, 0) is 0 Å². The van der Waals surface area contributed by atoms with Crippen molar-refractivity contribution >= 4 is 5.82 Å². The standard InChI is InChI=1S/C14H19N3/c1-3-17(10-12-5-4-6-12)14-13(9-15)11(2)7-8-16-14/h7-8,12H,3-6,10H2,1-2H3. The first kappa shape index (κ1) is 11.9. The smallest absolute Gasteiger partial charge is 0.146 e. The molecule has 3 heteroatoms. The molecule has 1 aromatic rings. The van der Waals surface area contributed by atoms with Crippen LogP contribution in [0.2, 0.25) is 0 Å². The Labute approximate surface area is 103 Å². The first-order valence-corrected chi connectivity index (χ1v) is 6.37. The molecule has 0 saturated heterocycles. The fraction of sp³-hybridized carbons (Fsp3) is 0.571. The number of nitrogens with zero attached hydrogens (tertiary/aromatic N) is 3. The van der Waals surface area contributed by atoms with E-state index in [0.29, 0.717) is 0 Å². The van der Waals surface area contributed by atoms with Crippen LogP contribution >= 0.6 is 0 Å². The van der Waals surface area contributed by atoms with E-state index in [2.05, 4.69) is 22.9 Å². The summed E-state index contributed by atoms with van der Waals surface area (Å²) in [6.07, 6.45) is 5.80. The zero-order valence-electron chi connectivity index (χ0n) is 10.6. The molecule has 3 nitrogen and oxygen atoms in total. The molecule has 1 fully saturated rings. The lowest BCUT2D eigenvalue weighted by molar-refractivity contribution is 0.318. The average molecular weight is 229 g/mol. The highest BCUT2D eigenvalue weighted by molar-refractivity contribution is 5.57. The second kappa shape index (κ2) is 5.18. The highest BCUT2D eigenvalue weighted by Gasteiger charge is 2.22. The number of aromatic nitrogens is 1. The quantitative estimate of drug-likeness (QED) is 0.797. The Hall–Kier alpha value is -1.56. The Bertz CT molecular complexity index is 430. The number of nitriles is 1. The van der Waals surface area contributed by atoms with Crippen molar-refractivity contribution in [1.82, 2.24) is 4.98 Å². The second-order valence-corrected chi connectivity index (χ2v) is 4.77. The van der Waals surface area contributed by atoms with Gasteiger partial charge in [0.05, 0.1) is 5.56 Å². The summed E-state index contributed by atoms with van der Waals surface area (Å²) in [5.74, 6) is 1.66. The van der Waals surface area contributed by atoms with Crippen molar-refractivity contribution < 1.29 is 0 Å². The Balaban J connectivity index is 2.23. The van der Waals surface area contributed by atoms with Crippen LogP contribution in [0.3, 0.4) is 0 Å². The Morgan fingerprint density at radius 2 is 2.29 bits per heavy atom. The van der Waals surface area contributed by atoms with E-state index in [9.17, 15) is 5.26 Å². The predicted octanol–water partition coefficient (Wildman–Crippen LogP) is 2.89. The van der Waals surface area contributed by atoms with Gasteiger partial charge in [-0.25, -0.2) is 4.98 Å². The molecule has 1 aliphatic carbocycles. The molecule has 0 atom stereocenters. The summed E-state index contributed by atoms with van der Waals surface area (Å²) in [7, 11) is 0. The molecule has 0 aromatic carbocycles. The van der Waals surface area contributed by atoms with Gasteiger partial charge in [-0.1, -0.05) is 6.42 Å². The van der Waals surface area contributed by atoms with Gasteiger partial charge in [-0.15, -0.1) is 0 Å². The number of pyridine rings is 1. The monoisotopic (exact) mass is 229 g/mol. The normalized spacial score (nSPS) is 15.1. The molecule has 0 N–H and O–H groups in total. The first-order valence-electron chi connectivity index (χ1n) is 6.37. The Kier molecular flexibility index (Phi) is 3.63. The van der Waals surface area contributed by atoms with Crippen LogP contribution < -0.4 is 4.90 Å². The molecule has 0 radical (unpaired) electrons. The Morgan fingerprint density at radius 3 is 2.82 bits per heavy atom. The average Bonchev–Trinajstić information content (AvgIpc) is 2.28. The lowest BCUT2D eigenvalue weighted by Gasteiger charge is -2.32. The molecule has 0 spiro atoms. The van der Waals surface area contributed by atoms with Crippen LogP contribution in [0.25, 0.3) is 0 Å². The highest BCUT2D eigenvalue weighted by Crippen LogP contribution is 2.29. The van der Waals surface area contributed by atoms with Crippen LogP contribution in [-0.4, -0.2) is 18.1 Å². The number of anilines is 1. The number of hydrogen-bond acceptors (Lipinski definition) is 3. The molecule has 1 aliphatic rings. The maximum absolute atomic E-state index is 9.23. The molecule has 1 aromatic heterocycles. The molecule has 1 heterocycles. The molecule has 2 rings (SSSR count). The Morgan fingerprint density at radius 1 is 1.53 bits per heavy atom. The van der Waals surface area contributed by atoms with Gasteiger partial charge >= 0.3 is 0 Å².